The van der Waals surface area contributed by atoms with Gasteiger partial charge in [-0.15, -0.1) is 0 Å². The Kier molecular flexibility index (Phi) is 4.19. The maximum absolute atomic E-state index is 8.47. The molecule has 1 aliphatic rings. The van der Waals surface area contributed by atoms with Crippen molar-refractivity contribution in [2.24, 2.45) is 0 Å². The van der Waals surface area contributed by atoms with Crippen LogP contribution in [-0.2, 0) is 4.74 Å². The molecule has 0 saturated carbocycles. The lowest BCUT2D eigenvalue weighted by Crippen LogP contribution is -2.36. The maximum Gasteiger partial charge on any atom is 0.0612 e. The van der Waals surface area contributed by atoms with Crippen molar-refractivity contribution in [1.82, 2.24) is 4.90 Å². The Morgan fingerprint density at radius 3 is 2.64 bits per heavy atom. The highest BCUT2D eigenvalue weighted by atomic mass is 16.5. The molecule has 1 N–H and O–H groups in total. The van der Waals surface area contributed by atoms with Crippen LogP contribution >= 0.6 is 0 Å². The highest BCUT2D eigenvalue weighted by Gasteiger charge is 2.06. The van der Waals surface area contributed by atoms with Crippen LogP contribution in [0, 0.1) is 0 Å². The second-order valence-electron chi connectivity index (χ2n) is 2.57. The molecule has 0 aromatic rings. The van der Waals surface area contributed by atoms with Crippen LogP contribution in [0.5, 0.6) is 0 Å². The van der Waals surface area contributed by atoms with Gasteiger partial charge in [-0.05, 0) is 0 Å². The molecule has 0 radical (unpaired) electrons. The van der Waals surface area contributed by atoms with Crippen LogP contribution in [0.2, 0.25) is 0 Å². The average Bonchev–Trinajstić information content (AvgIpc) is 2.07. The van der Waals surface area contributed by atoms with Gasteiger partial charge in [0.05, 0.1) is 19.8 Å². The number of morpholine rings is 1. The molecule has 0 aromatic carbocycles. The van der Waals surface area contributed by atoms with Crippen LogP contribution in [-0.4, -0.2) is 49.5 Å². The van der Waals surface area contributed by atoms with Crippen LogP contribution in [0.15, 0.2) is 12.2 Å². The molecule has 0 unspecified atom stereocenters. The fourth-order valence-electron chi connectivity index (χ4n) is 1.08. The molecule has 64 valence electrons. The van der Waals surface area contributed by atoms with Crippen LogP contribution in [0.4, 0.5) is 0 Å². The molecule has 1 saturated heterocycles. The zero-order valence-corrected chi connectivity index (χ0v) is 6.70. The van der Waals surface area contributed by atoms with Gasteiger partial charge in [0.25, 0.3) is 0 Å². The normalized spacial score (nSPS) is 21.2. The lowest BCUT2D eigenvalue weighted by atomic mass is 10.4. The predicted octanol–water partition coefficient (Wildman–Crippen LogP) is -0.133. The van der Waals surface area contributed by atoms with E-state index in [2.05, 4.69) is 4.90 Å². The van der Waals surface area contributed by atoms with Crippen molar-refractivity contribution in [3.05, 3.63) is 12.2 Å². The number of aliphatic hydroxyl groups is 1. The van der Waals surface area contributed by atoms with Crippen molar-refractivity contribution in [2.75, 3.05) is 39.5 Å². The third kappa shape index (κ3) is 3.51. The van der Waals surface area contributed by atoms with Gasteiger partial charge >= 0.3 is 0 Å². The van der Waals surface area contributed by atoms with Crippen molar-refractivity contribution in [2.45, 2.75) is 0 Å². The van der Waals surface area contributed by atoms with E-state index >= 15 is 0 Å². The zero-order valence-electron chi connectivity index (χ0n) is 6.70. The molecule has 0 spiro atoms. The Balaban J connectivity index is 2.09. The van der Waals surface area contributed by atoms with Crippen LogP contribution < -0.4 is 0 Å². The maximum atomic E-state index is 8.47. The molecular weight excluding hydrogens is 142 g/mol. The molecule has 3 heteroatoms. The fraction of sp³-hybridized carbons (Fsp3) is 0.750. The molecule has 0 aliphatic carbocycles. The summed E-state index contributed by atoms with van der Waals surface area (Å²) in [5.74, 6) is 0. The number of hydrogen-bond acceptors (Lipinski definition) is 3. The number of hydrogen-bond donors (Lipinski definition) is 1. The van der Waals surface area contributed by atoms with E-state index in [1.54, 1.807) is 6.08 Å². The number of rotatable bonds is 3. The largest absolute Gasteiger partial charge is 0.392 e. The lowest BCUT2D eigenvalue weighted by molar-refractivity contribution is 0.0434. The Labute approximate surface area is 67.3 Å². The molecule has 3 nitrogen and oxygen atoms in total. The molecular formula is C8H15NO2. The summed E-state index contributed by atoms with van der Waals surface area (Å²) in [5, 5.41) is 8.47. The molecule has 11 heavy (non-hydrogen) atoms. The molecule has 0 bridgehead atoms. The molecule has 0 aromatic heterocycles. The van der Waals surface area contributed by atoms with E-state index in [0.717, 1.165) is 32.8 Å². The summed E-state index contributed by atoms with van der Waals surface area (Å²) in [7, 11) is 0. The van der Waals surface area contributed by atoms with Gasteiger partial charge in [0.15, 0.2) is 0 Å². The van der Waals surface area contributed by atoms with Gasteiger partial charge < -0.3 is 9.84 Å². The SMILES string of the molecule is OCC=CCN1CCOCC1. The van der Waals surface area contributed by atoms with Crippen molar-refractivity contribution < 1.29 is 9.84 Å². The van der Waals surface area contributed by atoms with Crippen molar-refractivity contribution >= 4 is 0 Å². The molecule has 1 rings (SSSR count). The number of ether oxygens (including phenoxy) is 1. The standard InChI is InChI=1S/C8H15NO2/c10-6-2-1-3-9-4-7-11-8-5-9/h1-2,10H,3-8H2. The summed E-state index contributed by atoms with van der Waals surface area (Å²) in [6, 6.07) is 0. The minimum absolute atomic E-state index is 0.143. The second kappa shape index (κ2) is 5.29. The first-order valence-electron chi connectivity index (χ1n) is 3.99. The van der Waals surface area contributed by atoms with E-state index in [0.29, 0.717) is 0 Å². The Morgan fingerprint density at radius 2 is 2.00 bits per heavy atom. The van der Waals surface area contributed by atoms with Crippen LogP contribution in [0.1, 0.15) is 0 Å². The molecule has 0 atom stereocenters. The van der Waals surface area contributed by atoms with E-state index in [-0.39, 0.29) is 6.61 Å². The molecule has 1 heterocycles. The summed E-state index contributed by atoms with van der Waals surface area (Å²) in [4.78, 5) is 2.30. The predicted molar refractivity (Wildman–Crippen MR) is 43.5 cm³/mol. The monoisotopic (exact) mass is 157 g/mol. The van der Waals surface area contributed by atoms with Crippen LogP contribution in [0.25, 0.3) is 0 Å². The number of nitrogens with zero attached hydrogens (tertiary/aromatic N) is 1. The van der Waals surface area contributed by atoms with Gasteiger partial charge in [-0.25, -0.2) is 0 Å². The molecule has 0 amide bonds. The van der Waals surface area contributed by atoms with Crippen LogP contribution in [0.3, 0.4) is 0 Å². The molecule has 1 fully saturated rings. The van der Waals surface area contributed by atoms with Gasteiger partial charge in [0, 0.05) is 19.6 Å². The van der Waals surface area contributed by atoms with Crippen molar-refractivity contribution in [3.63, 3.8) is 0 Å². The summed E-state index contributed by atoms with van der Waals surface area (Å²) < 4.78 is 5.19. The first-order chi connectivity index (χ1) is 5.43. The van der Waals surface area contributed by atoms with Gasteiger partial charge in [-0.2, -0.15) is 0 Å². The number of aliphatic hydroxyl groups excluding tert-OH is 1. The second-order valence-corrected chi connectivity index (χ2v) is 2.57. The summed E-state index contributed by atoms with van der Waals surface area (Å²) >= 11 is 0. The zero-order chi connectivity index (χ0) is 7.94. The summed E-state index contributed by atoms with van der Waals surface area (Å²) in [5.41, 5.74) is 0. The molecule has 1 aliphatic heterocycles. The van der Waals surface area contributed by atoms with E-state index in [1.165, 1.54) is 0 Å². The van der Waals surface area contributed by atoms with Gasteiger partial charge in [-0.3, -0.25) is 4.90 Å². The quantitative estimate of drug-likeness (QED) is 0.579. The fourth-order valence-corrected chi connectivity index (χ4v) is 1.08. The van der Waals surface area contributed by atoms with E-state index in [4.69, 9.17) is 9.84 Å². The summed E-state index contributed by atoms with van der Waals surface area (Å²) in [6.07, 6.45) is 3.76. The van der Waals surface area contributed by atoms with Gasteiger partial charge in [-0.1, -0.05) is 12.2 Å². The minimum atomic E-state index is 0.143. The van der Waals surface area contributed by atoms with Crippen molar-refractivity contribution in [3.8, 4) is 0 Å². The Hall–Kier alpha value is -0.380. The smallest absolute Gasteiger partial charge is 0.0612 e. The first kappa shape index (κ1) is 8.71. The van der Waals surface area contributed by atoms with E-state index in [1.807, 2.05) is 6.08 Å². The lowest BCUT2D eigenvalue weighted by Gasteiger charge is -2.24. The van der Waals surface area contributed by atoms with Gasteiger partial charge in [0.1, 0.15) is 0 Å². The Morgan fingerprint density at radius 1 is 1.27 bits per heavy atom. The van der Waals surface area contributed by atoms with E-state index < -0.39 is 0 Å². The minimum Gasteiger partial charge on any atom is -0.392 e. The third-order valence-corrected chi connectivity index (χ3v) is 1.74. The van der Waals surface area contributed by atoms with Gasteiger partial charge in [0.2, 0.25) is 0 Å². The average molecular weight is 157 g/mol. The van der Waals surface area contributed by atoms with Crippen molar-refractivity contribution in [1.29, 1.82) is 0 Å². The van der Waals surface area contributed by atoms with E-state index in [9.17, 15) is 0 Å². The highest BCUT2D eigenvalue weighted by molar-refractivity contribution is 4.84. The third-order valence-electron chi connectivity index (χ3n) is 1.74. The Bertz CT molecular complexity index is 119. The topological polar surface area (TPSA) is 32.7 Å². The summed E-state index contributed by atoms with van der Waals surface area (Å²) in [6.45, 7) is 4.78. The first-order valence-corrected chi connectivity index (χ1v) is 3.99. The highest BCUT2D eigenvalue weighted by Crippen LogP contribution is 1.95.